The van der Waals surface area contributed by atoms with Gasteiger partial charge in [-0.25, -0.2) is 0 Å². The number of benzene rings is 2. The van der Waals surface area contributed by atoms with Crippen molar-refractivity contribution >= 4 is 40.3 Å². The Labute approximate surface area is 372 Å². The van der Waals surface area contributed by atoms with Crippen LogP contribution in [-0.2, 0) is 23.8 Å². The minimum Gasteiger partial charge on any atom is -0.507 e. The zero-order valence-corrected chi connectivity index (χ0v) is 38.3. The maximum Gasteiger partial charge on any atom is 1.00 e. The van der Waals surface area contributed by atoms with E-state index < -0.39 is 88.8 Å². The van der Waals surface area contributed by atoms with Crippen LogP contribution in [0.5, 0.6) is 23.0 Å². The summed E-state index contributed by atoms with van der Waals surface area (Å²) in [6, 6.07) is 0. The SMILES string of the molecule is CO[C@H]1/C=C/O[C@@]2(C)Oc3c(C)c(O)c4c(O)c(c(/C=N/N5CCN(C)CC5)c(O)c4c3C2=O)NC(=O)/C(C)=C\C=C\[C@H](C)[C@H](O)[C@@H](C)[C@@H](O)[C@@H](C)[C@H](OC(C)=O)[C@@H]1C.[Na+]. The molecule has 17 heteroatoms. The number of hydrazone groups is 1. The number of fused-ring (bicyclic) bond motifs is 14. The molecule has 0 saturated carbocycles. The molecule has 6 N–H and O–H groups in total. The zero-order valence-electron chi connectivity index (χ0n) is 36.3. The van der Waals surface area contributed by atoms with Gasteiger partial charge in [-0.3, -0.25) is 19.4 Å². The summed E-state index contributed by atoms with van der Waals surface area (Å²) in [7, 11) is 3.42. The van der Waals surface area contributed by atoms with Crippen molar-refractivity contribution in [2.75, 3.05) is 45.7 Å². The van der Waals surface area contributed by atoms with Crippen molar-refractivity contribution in [3.63, 3.8) is 0 Å². The summed E-state index contributed by atoms with van der Waals surface area (Å²) in [5.74, 6) is -8.34. The molecule has 2 aromatic rings. The number of ether oxygens (including phenoxy) is 4. The molecule has 322 valence electrons. The van der Waals surface area contributed by atoms with Crippen molar-refractivity contribution < 1.29 is 88.4 Å². The van der Waals surface area contributed by atoms with Gasteiger partial charge in [0.25, 0.3) is 11.7 Å². The first-order valence-electron chi connectivity index (χ1n) is 19.8. The van der Waals surface area contributed by atoms with E-state index in [1.165, 1.54) is 59.4 Å². The second-order valence-corrected chi connectivity index (χ2v) is 16.1. The number of nitrogens with one attached hydrogen (secondary N) is 1. The summed E-state index contributed by atoms with van der Waals surface area (Å²) >= 11 is 0. The molecule has 60 heavy (non-hydrogen) atoms. The van der Waals surface area contributed by atoms with E-state index >= 15 is 0 Å². The first-order chi connectivity index (χ1) is 27.7. The fourth-order valence-electron chi connectivity index (χ4n) is 7.92. The Bertz CT molecular complexity index is 2080. The third-order valence-corrected chi connectivity index (χ3v) is 11.9. The first-order valence-corrected chi connectivity index (χ1v) is 19.8. The summed E-state index contributed by atoms with van der Waals surface area (Å²) in [5.41, 5.74) is -0.350. The molecule has 1 amide bonds. The van der Waals surface area contributed by atoms with Crippen LogP contribution in [0.15, 0.2) is 41.2 Å². The molecule has 16 nitrogen and oxygen atoms in total. The number of amides is 1. The van der Waals surface area contributed by atoms with Crippen molar-refractivity contribution in [3.8, 4) is 23.0 Å². The molecule has 5 bridgehead atoms. The number of anilines is 1. The largest absolute Gasteiger partial charge is 1.00 e. The number of phenols is 3. The number of phenolic OH excluding ortho intramolecular Hbond substituents is 3. The Kier molecular flexibility index (Phi) is 15.9. The summed E-state index contributed by atoms with van der Waals surface area (Å²) < 4.78 is 23.6. The third-order valence-electron chi connectivity index (χ3n) is 11.9. The summed E-state index contributed by atoms with van der Waals surface area (Å²) in [5, 5.41) is 66.8. The average molecular weight is 846 g/mol. The fourth-order valence-corrected chi connectivity index (χ4v) is 7.92. The van der Waals surface area contributed by atoms with Gasteiger partial charge in [-0.05, 0) is 27.0 Å². The van der Waals surface area contributed by atoms with E-state index in [-0.39, 0.29) is 74.0 Å². The van der Waals surface area contributed by atoms with Crippen molar-refractivity contribution in [3.05, 3.63) is 52.8 Å². The van der Waals surface area contributed by atoms with Crippen molar-refractivity contribution in [1.82, 2.24) is 9.91 Å². The Morgan fingerprint density at radius 1 is 0.950 bits per heavy atom. The van der Waals surface area contributed by atoms with Gasteiger partial charge in [0.2, 0.25) is 0 Å². The molecule has 0 spiro atoms. The minimum atomic E-state index is -2.04. The monoisotopic (exact) mass is 845 g/mol. The standard InChI is InChI=1S/C43H58N4O12.Na/c1-21-12-11-13-22(2)42(55)45-33-28(20-44-47-17-15-46(9)16-18-47)37(52)30-31(38(33)53)36(51)26(6)40-32(30)41(54)43(8,59-40)57-19-14-29(56-10)23(3)39(58-27(7)48)25(5)35(50)24(4)34(21)49;/h11-14,19-21,23-25,29,34-35,39,49-53H,15-18H2,1-10H3,(H,45,55);/q;+1/b12-11+,19-14+,22-13-,44-20+;/t21-,23+,24+,25+,29-,34-,35+,39+,43-;/m0./s1. The van der Waals surface area contributed by atoms with Gasteiger partial charge in [-0.1, -0.05) is 45.9 Å². The molecule has 2 aromatic carbocycles. The summed E-state index contributed by atoms with van der Waals surface area (Å²) in [4.78, 5) is 42.6. The number of Topliss-reactive ketones (excluding diaryl/α,β-unsaturated/α-hetero) is 1. The van der Waals surface area contributed by atoms with E-state index in [9.17, 15) is 39.9 Å². The van der Waals surface area contributed by atoms with Gasteiger partial charge in [-0.2, -0.15) is 5.10 Å². The molecule has 6 rings (SSSR count). The molecular weight excluding hydrogens is 787 g/mol. The van der Waals surface area contributed by atoms with Crippen LogP contribution in [0.1, 0.15) is 70.0 Å². The first kappa shape index (κ1) is 48.5. The summed E-state index contributed by atoms with van der Waals surface area (Å²) in [6.45, 7) is 15.1. The van der Waals surface area contributed by atoms with E-state index in [1.807, 2.05) is 7.05 Å². The van der Waals surface area contributed by atoms with Crippen LogP contribution in [-0.4, -0.2) is 130 Å². The van der Waals surface area contributed by atoms with E-state index in [2.05, 4.69) is 15.3 Å². The number of allylic oxidation sites excluding steroid dienone is 2. The predicted molar refractivity (Wildman–Crippen MR) is 220 cm³/mol. The van der Waals surface area contributed by atoms with Crippen LogP contribution >= 0.6 is 0 Å². The fraction of sp³-hybridized carbons (Fsp3) is 0.535. The zero-order chi connectivity index (χ0) is 43.7. The molecule has 4 aliphatic heterocycles. The Balaban J connectivity index is 0.00000794. The van der Waals surface area contributed by atoms with E-state index in [4.69, 9.17) is 18.9 Å². The smallest absolute Gasteiger partial charge is 0.507 e. The molecule has 1 fully saturated rings. The van der Waals surface area contributed by atoms with Gasteiger partial charge in [0.15, 0.2) is 5.75 Å². The van der Waals surface area contributed by atoms with Crippen LogP contribution in [0.25, 0.3) is 10.8 Å². The van der Waals surface area contributed by atoms with Gasteiger partial charge in [0.1, 0.15) is 23.4 Å². The second-order valence-electron chi connectivity index (χ2n) is 16.1. The van der Waals surface area contributed by atoms with Crippen LogP contribution in [0, 0.1) is 30.6 Å². The normalized spacial score (nSPS) is 31.5. The Morgan fingerprint density at radius 2 is 1.60 bits per heavy atom. The molecule has 0 aliphatic carbocycles. The van der Waals surface area contributed by atoms with Crippen molar-refractivity contribution in [2.45, 2.75) is 85.6 Å². The quantitative estimate of drug-likeness (QED) is 0.0842. The van der Waals surface area contributed by atoms with Gasteiger partial charge >= 0.3 is 41.3 Å². The van der Waals surface area contributed by atoms with Gasteiger partial charge in [0, 0.05) is 87.3 Å². The molecule has 4 heterocycles. The number of rotatable bonds is 4. The minimum absolute atomic E-state index is 0. The van der Waals surface area contributed by atoms with Crippen LogP contribution in [0.3, 0.4) is 0 Å². The number of nitrogens with zero attached hydrogens (tertiary/aromatic N) is 3. The number of aromatic hydroxyl groups is 3. The summed E-state index contributed by atoms with van der Waals surface area (Å²) in [6.07, 6.45) is 4.86. The molecule has 0 radical (unpaired) electrons. The van der Waals surface area contributed by atoms with Gasteiger partial charge < -0.3 is 54.7 Å². The number of aliphatic hydroxyl groups is 2. The number of aliphatic hydroxyl groups excluding tert-OH is 2. The average Bonchev–Trinajstić information content (AvgIpc) is 3.46. The Hall–Kier alpha value is -4.16. The number of piperazine rings is 1. The van der Waals surface area contributed by atoms with E-state index in [1.54, 1.807) is 44.9 Å². The Morgan fingerprint density at radius 3 is 2.22 bits per heavy atom. The molecule has 0 unspecified atom stereocenters. The van der Waals surface area contributed by atoms with Gasteiger partial charge in [-0.15, -0.1) is 0 Å². The second kappa shape index (κ2) is 19.7. The number of carbonyl (C=O) groups is 3. The topological polar surface area (TPSA) is 220 Å². The maximum atomic E-state index is 14.4. The number of carbonyl (C=O) groups excluding carboxylic acids is 3. The number of hydrogen-bond acceptors (Lipinski definition) is 15. The third kappa shape index (κ3) is 9.65. The predicted octanol–water partition coefficient (Wildman–Crippen LogP) is 1.34. The van der Waals surface area contributed by atoms with Crippen LogP contribution in [0.2, 0.25) is 0 Å². The van der Waals surface area contributed by atoms with Crippen molar-refractivity contribution in [2.24, 2.45) is 28.8 Å². The van der Waals surface area contributed by atoms with E-state index in [0.717, 1.165) is 13.1 Å². The molecule has 4 aliphatic rings. The van der Waals surface area contributed by atoms with E-state index in [0.29, 0.717) is 13.1 Å². The number of methoxy groups -OCH3 is 1. The van der Waals surface area contributed by atoms with Crippen molar-refractivity contribution in [1.29, 1.82) is 0 Å². The molecule has 1 saturated heterocycles. The number of esters is 1. The van der Waals surface area contributed by atoms with Crippen LogP contribution in [0.4, 0.5) is 5.69 Å². The number of likely N-dealkylation sites (N-methyl/N-ethyl adjacent to an activating group) is 1. The van der Waals surface area contributed by atoms with Crippen LogP contribution < -0.4 is 39.6 Å². The number of hydrogen-bond donors (Lipinski definition) is 6. The molecular formula is C43H58N4NaO12+. The number of ketones is 1. The maximum absolute atomic E-state index is 14.4. The molecule has 0 aromatic heterocycles. The van der Waals surface area contributed by atoms with Gasteiger partial charge in [0.05, 0.1) is 53.0 Å². The molecule has 9 atom stereocenters.